The molecule has 7 nitrogen and oxygen atoms in total. The molecule has 1 atom stereocenters. The Morgan fingerprint density at radius 2 is 1.96 bits per heavy atom. The molecule has 25 heavy (non-hydrogen) atoms. The maximum Gasteiger partial charge on any atom is 0.314 e. The van der Waals surface area contributed by atoms with E-state index in [0.717, 1.165) is 57.6 Å². The van der Waals surface area contributed by atoms with Crippen LogP contribution in [-0.4, -0.2) is 57.5 Å². The Morgan fingerprint density at radius 1 is 1.20 bits per heavy atom. The molecule has 2 aliphatic heterocycles. The van der Waals surface area contributed by atoms with Gasteiger partial charge in [0, 0.05) is 45.1 Å². The number of aryl methyl sites for hydroxylation is 2. The standard InChI is InChI=1S/C18H29N5O2/c1-14-20-7-12-21(14)9-4-15-5-10-22(11-6-15)17(24)16-3-2-8-23(13-16)18(19)25/h7,12,15-16H,2-6,8-11,13H2,1H3,(H2,19,25)/t16-/m0/s1. The van der Waals surface area contributed by atoms with Gasteiger partial charge in [-0.3, -0.25) is 4.79 Å². The molecule has 0 radical (unpaired) electrons. The molecule has 1 aromatic heterocycles. The van der Waals surface area contributed by atoms with Crippen molar-refractivity contribution in [1.82, 2.24) is 19.4 Å². The third-order valence-electron chi connectivity index (χ3n) is 5.71. The number of nitrogens with zero attached hydrogens (tertiary/aromatic N) is 4. The molecule has 0 bridgehead atoms. The van der Waals surface area contributed by atoms with Crippen LogP contribution in [0, 0.1) is 18.8 Å². The Kier molecular flexibility index (Phi) is 5.60. The first kappa shape index (κ1) is 17.8. The highest BCUT2D eigenvalue weighted by molar-refractivity contribution is 5.80. The van der Waals surface area contributed by atoms with E-state index in [1.165, 1.54) is 0 Å². The van der Waals surface area contributed by atoms with Crippen LogP contribution in [0.1, 0.15) is 37.9 Å². The second-order valence-electron chi connectivity index (χ2n) is 7.35. The molecule has 0 unspecified atom stereocenters. The zero-order chi connectivity index (χ0) is 17.8. The number of urea groups is 1. The lowest BCUT2D eigenvalue weighted by molar-refractivity contribution is -0.138. The maximum absolute atomic E-state index is 12.8. The molecule has 2 fully saturated rings. The number of rotatable bonds is 4. The molecule has 3 amide bonds. The number of imidazole rings is 1. The number of aromatic nitrogens is 2. The van der Waals surface area contributed by atoms with E-state index in [4.69, 9.17) is 5.73 Å². The molecular formula is C18H29N5O2. The van der Waals surface area contributed by atoms with Gasteiger partial charge in [-0.05, 0) is 44.9 Å². The maximum atomic E-state index is 12.8. The summed E-state index contributed by atoms with van der Waals surface area (Å²) in [5, 5.41) is 0. The zero-order valence-electron chi connectivity index (χ0n) is 15.1. The number of hydrogen-bond acceptors (Lipinski definition) is 3. The first-order valence-corrected chi connectivity index (χ1v) is 9.35. The first-order valence-electron chi connectivity index (χ1n) is 9.35. The first-order chi connectivity index (χ1) is 12.0. The van der Waals surface area contributed by atoms with E-state index in [0.29, 0.717) is 19.0 Å². The Labute approximate surface area is 149 Å². The van der Waals surface area contributed by atoms with Gasteiger partial charge in [-0.25, -0.2) is 9.78 Å². The Bertz CT molecular complexity index is 606. The SMILES string of the molecule is Cc1nccn1CCC1CCN(C(=O)[C@H]2CCCN(C(N)=O)C2)CC1. The van der Waals surface area contributed by atoms with E-state index < -0.39 is 6.03 Å². The molecule has 0 spiro atoms. The number of primary amides is 1. The smallest absolute Gasteiger partial charge is 0.314 e. The fourth-order valence-electron chi connectivity index (χ4n) is 4.04. The number of hydrogen-bond donors (Lipinski definition) is 1. The molecule has 7 heteroatoms. The summed E-state index contributed by atoms with van der Waals surface area (Å²) in [7, 11) is 0. The largest absolute Gasteiger partial charge is 0.351 e. The van der Waals surface area contributed by atoms with Crippen molar-refractivity contribution < 1.29 is 9.59 Å². The van der Waals surface area contributed by atoms with Gasteiger partial charge in [0.05, 0.1) is 5.92 Å². The average molecular weight is 347 g/mol. The monoisotopic (exact) mass is 347 g/mol. The Balaban J connectivity index is 1.44. The van der Waals surface area contributed by atoms with Crippen molar-refractivity contribution in [1.29, 1.82) is 0 Å². The van der Waals surface area contributed by atoms with Gasteiger partial charge < -0.3 is 20.1 Å². The topological polar surface area (TPSA) is 84.5 Å². The molecule has 2 saturated heterocycles. The summed E-state index contributed by atoms with van der Waals surface area (Å²) in [6.07, 6.45) is 8.86. The predicted octanol–water partition coefficient (Wildman–Crippen LogP) is 1.61. The molecule has 2 N–H and O–H groups in total. The van der Waals surface area contributed by atoms with E-state index in [1.54, 1.807) is 4.90 Å². The number of carbonyl (C=O) groups is 2. The van der Waals surface area contributed by atoms with Crippen molar-refractivity contribution in [2.24, 2.45) is 17.6 Å². The summed E-state index contributed by atoms with van der Waals surface area (Å²) in [6, 6.07) is -0.411. The number of carbonyl (C=O) groups excluding carboxylic acids is 2. The van der Waals surface area contributed by atoms with Crippen molar-refractivity contribution in [2.45, 2.75) is 45.6 Å². The molecule has 3 rings (SSSR count). The summed E-state index contributed by atoms with van der Waals surface area (Å²) >= 11 is 0. The minimum absolute atomic E-state index is 0.0774. The van der Waals surface area contributed by atoms with Crippen LogP contribution >= 0.6 is 0 Å². The molecular weight excluding hydrogens is 318 g/mol. The third kappa shape index (κ3) is 4.32. The van der Waals surface area contributed by atoms with Crippen LogP contribution in [0.5, 0.6) is 0 Å². The number of nitrogens with two attached hydrogens (primary N) is 1. The van der Waals surface area contributed by atoms with Gasteiger partial charge in [-0.15, -0.1) is 0 Å². The second kappa shape index (κ2) is 7.89. The number of amides is 3. The van der Waals surface area contributed by atoms with Gasteiger partial charge in [0.25, 0.3) is 0 Å². The molecule has 0 aromatic carbocycles. The molecule has 138 valence electrons. The van der Waals surface area contributed by atoms with E-state index in [2.05, 4.69) is 9.55 Å². The van der Waals surface area contributed by atoms with Crippen LogP contribution < -0.4 is 5.73 Å². The van der Waals surface area contributed by atoms with Crippen LogP contribution in [0.3, 0.4) is 0 Å². The molecule has 1 aromatic rings. The number of likely N-dealkylation sites (tertiary alicyclic amines) is 2. The fraction of sp³-hybridized carbons (Fsp3) is 0.722. The quantitative estimate of drug-likeness (QED) is 0.898. The highest BCUT2D eigenvalue weighted by Crippen LogP contribution is 2.25. The minimum Gasteiger partial charge on any atom is -0.351 e. The van der Waals surface area contributed by atoms with E-state index >= 15 is 0 Å². The van der Waals surface area contributed by atoms with Crippen molar-refractivity contribution in [3.8, 4) is 0 Å². The Hall–Kier alpha value is -2.05. The number of piperidine rings is 2. The van der Waals surface area contributed by atoms with Gasteiger partial charge in [-0.2, -0.15) is 0 Å². The lowest BCUT2D eigenvalue weighted by atomic mass is 9.91. The molecule has 0 saturated carbocycles. The van der Waals surface area contributed by atoms with E-state index in [9.17, 15) is 9.59 Å². The average Bonchev–Trinajstić information content (AvgIpc) is 3.05. The van der Waals surface area contributed by atoms with Gasteiger partial charge in [0.1, 0.15) is 5.82 Å². The zero-order valence-corrected chi connectivity index (χ0v) is 15.1. The van der Waals surface area contributed by atoms with Gasteiger partial charge >= 0.3 is 6.03 Å². The summed E-state index contributed by atoms with van der Waals surface area (Å²) < 4.78 is 2.19. The summed E-state index contributed by atoms with van der Waals surface area (Å²) in [4.78, 5) is 32.0. The van der Waals surface area contributed by atoms with Crippen LogP contribution in [0.25, 0.3) is 0 Å². The predicted molar refractivity (Wildman–Crippen MR) is 94.8 cm³/mol. The van der Waals surface area contributed by atoms with Crippen molar-refractivity contribution in [2.75, 3.05) is 26.2 Å². The van der Waals surface area contributed by atoms with Crippen LogP contribution in [0.4, 0.5) is 4.79 Å². The lowest BCUT2D eigenvalue weighted by Gasteiger charge is -2.37. The van der Waals surface area contributed by atoms with Crippen LogP contribution in [0.15, 0.2) is 12.4 Å². The van der Waals surface area contributed by atoms with E-state index in [1.807, 2.05) is 24.2 Å². The van der Waals surface area contributed by atoms with E-state index in [-0.39, 0.29) is 11.8 Å². The fourth-order valence-corrected chi connectivity index (χ4v) is 4.04. The second-order valence-corrected chi connectivity index (χ2v) is 7.35. The van der Waals surface area contributed by atoms with Crippen LogP contribution in [-0.2, 0) is 11.3 Å². The van der Waals surface area contributed by atoms with Crippen molar-refractivity contribution >= 4 is 11.9 Å². The molecule has 2 aliphatic rings. The lowest BCUT2D eigenvalue weighted by Crippen LogP contribution is -2.49. The summed E-state index contributed by atoms with van der Waals surface area (Å²) in [5.41, 5.74) is 5.37. The minimum atomic E-state index is -0.411. The highest BCUT2D eigenvalue weighted by Gasteiger charge is 2.32. The normalized spacial score (nSPS) is 22.2. The van der Waals surface area contributed by atoms with Gasteiger partial charge in [-0.1, -0.05) is 0 Å². The van der Waals surface area contributed by atoms with Crippen LogP contribution in [0.2, 0.25) is 0 Å². The van der Waals surface area contributed by atoms with Crippen molar-refractivity contribution in [3.05, 3.63) is 18.2 Å². The third-order valence-corrected chi connectivity index (χ3v) is 5.71. The molecule has 0 aliphatic carbocycles. The highest BCUT2D eigenvalue weighted by atomic mass is 16.2. The Morgan fingerprint density at radius 3 is 2.60 bits per heavy atom. The van der Waals surface area contributed by atoms with Gasteiger partial charge in [0.15, 0.2) is 0 Å². The summed E-state index contributed by atoms with van der Waals surface area (Å²) in [6.45, 7) is 5.85. The van der Waals surface area contributed by atoms with Gasteiger partial charge in [0.2, 0.25) is 5.91 Å². The molecule has 3 heterocycles. The summed E-state index contributed by atoms with van der Waals surface area (Å²) in [5.74, 6) is 1.85. The van der Waals surface area contributed by atoms with Crippen molar-refractivity contribution in [3.63, 3.8) is 0 Å².